The summed E-state index contributed by atoms with van der Waals surface area (Å²) in [5, 5.41) is 3.49. The summed E-state index contributed by atoms with van der Waals surface area (Å²) < 4.78 is 5.58. The highest BCUT2D eigenvalue weighted by atomic mass is 16.5. The topological polar surface area (TPSA) is 47.3 Å². The lowest BCUT2D eigenvalue weighted by atomic mass is 9.97. The molecule has 0 spiro atoms. The van der Waals surface area contributed by atoms with E-state index in [1.807, 2.05) is 12.1 Å². The zero-order chi connectivity index (χ0) is 12.8. The molecule has 2 atom stereocenters. The number of nitrogen functional groups attached to an aromatic ring is 1. The molecular weight excluding hydrogens is 224 g/mol. The Morgan fingerprint density at radius 2 is 2.17 bits per heavy atom. The van der Waals surface area contributed by atoms with Crippen molar-refractivity contribution in [2.75, 3.05) is 25.4 Å². The lowest BCUT2D eigenvalue weighted by molar-refractivity contribution is 0.110. The molecule has 3 heteroatoms. The van der Waals surface area contributed by atoms with Crippen molar-refractivity contribution in [2.24, 2.45) is 0 Å². The molecule has 0 aromatic heterocycles. The number of benzene rings is 1. The van der Waals surface area contributed by atoms with Crippen LogP contribution >= 0.6 is 0 Å². The first-order chi connectivity index (χ1) is 8.75. The average molecular weight is 248 g/mol. The molecule has 1 saturated heterocycles. The van der Waals surface area contributed by atoms with Gasteiger partial charge in [0.15, 0.2) is 0 Å². The molecule has 3 N–H and O–H groups in total. The van der Waals surface area contributed by atoms with Gasteiger partial charge < -0.3 is 15.8 Å². The second-order valence-corrected chi connectivity index (χ2v) is 5.20. The van der Waals surface area contributed by atoms with E-state index < -0.39 is 0 Å². The van der Waals surface area contributed by atoms with E-state index in [2.05, 4.69) is 24.4 Å². The summed E-state index contributed by atoms with van der Waals surface area (Å²) in [6.07, 6.45) is 4.02. The minimum absolute atomic E-state index is 0.442. The highest BCUT2D eigenvalue weighted by molar-refractivity contribution is 5.40. The van der Waals surface area contributed by atoms with Gasteiger partial charge >= 0.3 is 0 Å². The van der Waals surface area contributed by atoms with E-state index in [0.717, 1.165) is 31.8 Å². The molecule has 1 heterocycles. The lowest BCUT2D eigenvalue weighted by Gasteiger charge is -2.14. The van der Waals surface area contributed by atoms with Crippen molar-refractivity contribution >= 4 is 5.69 Å². The van der Waals surface area contributed by atoms with Crippen molar-refractivity contribution in [1.29, 1.82) is 0 Å². The zero-order valence-electron chi connectivity index (χ0n) is 11.2. The predicted octanol–water partition coefficient (Wildman–Crippen LogP) is 2.53. The van der Waals surface area contributed by atoms with Gasteiger partial charge in [-0.3, -0.25) is 0 Å². The zero-order valence-corrected chi connectivity index (χ0v) is 11.2. The van der Waals surface area contributed by atoms with Crippen LogP contribution < -0.4 is 11.1 Å². The van der Waals surface area contributed by atoms with Crippen LogP contribution in [0, 0.1) is 0 Å². The van der Waals surface area contributed by atoms with Crippen LogP contribution in [-0.4, -0.2) is 25.8 Å². The number of nitrogens with one attached hydrogen (secondary N) is 1. The molecule has 0 bridgehead atoms. The van der Waals surface area contributed by atoms with Gasteiger partial charge in [-0.15, -0.1) is 0 Å². The summed E-state index contributed by atoms with van der Waals surface area (Å²) in [5.74, 6) is 0.572. The molecule has 0 saturated carbocycles. The normalized spacial score (nSPS) is 21.1. The van der Waals surface area contributed by atoms with E-state index in [4.69, 9.17) is 10.5 Å². The molecule has 3 nitrogen and oxygen atoms in total. The first kappa shape index (κ1) is 13.4. The number of nitrogens with two attached hydrogens (primary N) is 1. The summed E-state index contributed by atoms with van der Waals surface area (Å²) in [4.78, 5) is 0. The van der Waals surface area contributed by atoms with Crippen LogP contribution in [0.4, 0.5) is 5.69 Å². The molecule has 1 aromatic rings. The number of hydrogen-bond donors (Lipinski definition) is 2. The van der Waals surface area contributed by atoms with E-state index in [1.165, 1.54) is 18.4 Å². The van der Waals surface area contributed by atoms with Gasteiger partial charge in [0.05, 0.1) is 6.10 Å². The van der Waals surface area contributed by atoms with Crippen molar-refractivity contribution < 1.29 is 4.74 Å². The van der Waals surface area contributed by atoms with Crippen LogP contribution in [0.3, 0.4) is 0 Å². The van der Waals surface area contributed by atoms with Crippen LogP contribution in [-0.2, 0) is 4.74 Å². The Hall–Kier alpha value is -1.06. The van der Waals surface area contributed by atoms with E-state index >= 15 is 0 Å². The fraction of sp³-hybridized carbons (Fsp3) is 0.600. The van der Waals surface area contributed by atoms with E-state index in [9.17, 15) is 0 Å². The largest absolute Gasteiger partial charge is 0.399 e. The number of hydrogen-bond acceptors (Lipinski definition) is 3. The Kier molecular flexibility index (Phi) is 5.02. The Balaban J connectivity index is 1.64. The van der Waals surface area contributed by atoms with Gasteiger partial charge in [-0.25, -0.2) is 0 Å². The molecule has 1 aliphatic heterocycles. The van der Waals surface area contributed by atoms with Crippen LogP contribution in [0.1, 0.15) is 37.7 Å². The summed E-state index contributed by atoms with van der Waals surface area (Å²) in [6, 6.07) is 8.21. The highest BCUT2D eigenvalue weighted by Gasteiger charge is 2.14. The molecule has 0 amide bonds. The quantitative estimate of drug-likeness (QED) is 0.601. The molecule has 1 aliphatic rings. The Morgan fingerprint density at radius 1 is 1.39 bits per heavy atom. The van der Waals surface area contributed by atoms with E-state index in [1.54, 1.807) is 0 Å². The second-order valence-electron chi connectivity index (χ2n) is 5.20. The molecule has 100 valence electrons. The van der Waals surface area contributed by atoms with Crippen LogP contribution in [0.5, 0.6) is 0 Å². The van der Waals surface area contributed by atoms with Gasteiger partial charge in [0.25, 0.3) is 0 Å². The SMILES string of the molecule is CC(CCNCC1CCCO1)c1ccc(N)cc1. The third kappa shape index (κ3) is 4.00. The van der Waals surface area contributed by atoms with Crippen molar-refractivity contribution in [3.8, 4) is 0 Å². The summed E-state index contributed by atoms with van der Waals surface area (Å²) in [7, 11) is 0. The van der Waals surface area contributed by atoms with E-state index in [-0.39, 0.29) is 0 Å². The maximum Gasteiger partial charge on any atom is 0.0700 e. The fourth-order valence-corrected chi connectivity index (χ4v) is 2.38. The van der Waals surface area contributed by atoms with Gasteiger partial charge in [-0.1, -0.05) is 19.1 Å². The third-order valence-electron chi connectivity index (χ3n) is 3.66. The lowest BCUT2D eigenvalue weighted by Crippen LogP contribution is -2.27. The summed E-state index contributed by atoms with van der Waals surface area (Å²) in [6.45, 7) is 5.24. The molecule has 1 fully saturated rings. The average Bonchev–Trinajstić information content (AvgIpc) is 2.88. The fourth-order valence-electron chi connectivity index (χ4n) is 2.38. The standard InChI is InChI=1S/C15H24N2O/c1-12(13-4-6-14(16)7-5-13)8-9-17-11-15-3-2-10-18-15/h4-7,12,15,17H,2-3,8-11,16H2,1H3. The van der Waals surface area contributed by atoms with Gasteiger partial charge in [0, 0.05) is 18.8 Å². The van der Waals surface area contributed by atoms with Crippen molar-refractivity contribution in [3.05, 3.63) is 29.8 Å². The van der Waals surface area contributed by atoms with Gasteiger partial charge in [0.2, 0.25) is 0 Å². The summed E-state index contributed by atoms with van der Waals surface area (Å²) in [5.41, 5.74) is 7.89. The first-order valence-corrected chi connectivity index (χ1v) is 6.93. The monoisotopic (exact) mass is 248 g/mol. The first-order valence-electron chi connectivity index (χ1n) is 6.93. The highest BCUT2D eigenvalue weighted by Crippen LogP contribution is 2.19. The maximum absolute atomic E-state index is 5.69. The predicted molar refractivity (Wildman–Crippen MR) is 75.7 cm³/mol. The third-order valence-corrected chi connectivity index (χ3v) is 3.66. The van der Waals surface area contributed by atoms with Crippen molar-refractivity contribution in [1.82, 2.24) is 5.32 Å². The molecular formula is C15H24N2O. The van der Waals surface area contributed by atoms with Crippen LogP contribution in [0.25, 0.3) is 0 Å². The second kappa shape index (κ2) is 6.76. The summed E-state index contributed by atoms with van der Waals surface area (Å²) >= 11 is 0. The molecule has 0 aliphatic carbocycles. The number of rotatable bonds is 6. The smallest absolute Gasteiger partial charge is 0.0700 e. The molecule has 2 unspecified atom stereocenters. The van der Waals surface area contributed by atoms with Gasteiger partial charge in [-0.05, 0) is 49.4 Å². The van der Waals surface area contributed by atoms with Crippen molar-refractivity contribution in [2.45, 2.75) is 38.2 Å². The van der Waals surface area contributed by atoms with Gasteiger partial charge in [-0.2, -0.15) is 0 Å². The minimum Gasteiger partial charge on any atom is -0.399 e. The Bertz CT molecular complexity index is 344. The van der Waals surface area contributed by atoms with Crippen LogP contribution in [0.2, 0.25) is 0 Å². The molecule has 2 rings (SSSR count). The maximum atomic E-state index is 5.69. The Labute approximate surface area is 110 Å². The molecule has 18 heavy (non-hydrogen) atoms. The minimum atomic E-state index is 0.442. The number of ether oxygens (including phenoxy) is 1. The van der Waals surface area contributed by atoms with Crippen molar-refractivity contribution in [3.63, 3.8) is 0 Å². The molecule has 1 aromatic carbocycles. The molecule has 0 radical (unpaired) electrons. The van der Waals surface area contributed by atoms with Gasteiger partial charge in [0.1, 0.15) is 0 Å². The number of anilines is 1. The Morgan fingerprint density at radius 3 is 2.83 bits per heavy atom. The van der Waals surface area contributed by atoms with Crippen LogP contribution in [0.15, 0.2) is 24.3 Å². The van der Waals surface area contributed by atoms with E-state index in [0.29, 0.717) is 12.0 Å².